The van der Waals surface area contributed by atoms with Gasteiger partial charge in [-0.15, -0.1) is 0 Å². The van der Waals surface area contributed by atoms with Gasteiger partial charge in [0.15, 0.2) is 0 Å². The summed E-state index contributed by atoms with van der Waals surface area (Å²) in [6.07, 6.45) is 2.90. The van der Waals surface area contributed by atoms with Gasteiger partial charge < -0.3 is 4.74 Å². The van der Waals surface area contributed by atoms with Crippen molar-refractivity contribution in [3.05, 3.63) is 28.0 Å². The molecule has 1 saturated carbocycles. The van der Waals surface area contributed by atoms with Crippen LogP contribution in [0.5, 0.6) is 5.75 Å². The van der Waals surface area contributed by atoms with Crippen molar-refractivity contribution in [2.24, 2.45) is 4.99 Å². The molecule has 1 aliphatic rings. The Morgan fingerprint density at radius 2 is 2.24 bits per heavy atom. The summed E-state index contributed by atoms with van der Waals surface area (Å²) in [7, 11) is 1.46. The fraction of sp³-hybridized carbons (Fsp3) is 0.417. The highest BCUT2D eigenvalue weighted by Crippen LogP contribution is 2.55. The standard InChI is InChI=1S/C12H11ClFNO2/c1-7-9(14)5-8(13)11(17-2)10(7)12(3-4-12)15-6-16/h5H,3-4H2,1-2H3. The van der Waals surface area contributed by atoms with E-state index in [1.807, 2.05) is 0 Å². The first kappa shape index (κ1) is 12.1. The lowest BCUT2D eigenvalue weighted by Crippen LogP contribution is -2.09. The summed E-state index contributed by atoms with van der Waals surface area (Å²) in [5.41, 5.74) is 0.291. The molecule has 0 aromatic heterocycles. The number of hydrogen-bond acceptors (Lipinski definition) is 3. The van der Waals surface area contributed by atoms with Crippen LogP contribution in [0, 0.1) is 12.7 Å². The molecular formula is C12H11ClFNO2. The first-order chi connectivity index (χ1) is 8.05. The van der Waals surface area contributed by atoms with Crippen LogP contribution in [0.3, 0.4) is 0 Å². The lowest BCUT2D eigenvalue weighted by atomic mass is 9.98. The molecule has 0 saturated heterocycles. The highest BCUT2D eigenvalue weighted by atomic mass is 35.5. The Labute approximate surface area is 103 Å². The number of ether oxygens (including phenoxy) is 1. The van der Waals surface area contributed by atoms with Crippen LogP contribution in [0.2, 0.25) is 5.02 Å². The Kier molecular flexibility index (Phi) is 2.94. The smallest absolute Gasteiger partial charge is 0.235 e. The van der Waals surface area contributed by atoms with Gasteiger partial charge >= 0.3 is 0 Å². The molecule has 0 unspecified atom stereocenters. The van der Waals surface area contributed by atoms with Crippen molar-refractivity contribution in [1.29, 1.82) is 0 Å². The van der Waals surface area contributed by atoms with Crippen LogP contribution in [0.15, 0.2) is 11.1 Å². The highest BCUT2D eigenvalue weighted by molar-refractivity contribution is 6.32. The van der Waals surface area contributed by atoms with Gasteiger partial charge in [0.2, 0.25) is 6.08 Å². The Hall–Kier alpha value is -1.38. The van der Waals surface area contributed by atoms with E-state index in [1.165, 1.54) is 13.2 Å². The van der Waals surface area contributed by atoms with E-state index in [2.05, 4.69) is 4.99 Å². The first-order valence-corrected chi connectivity index (χ1v) is 5.55. The summed E-state index contributed by atoms with van der Waals surface area (Å²) in [6.45, 7) is 1.63. The van der Waals surface area contributed by atoms with E-state index in [0.717, 1.165) is 0 Å². The molecule has 0 spiro atoms. The van der Waals surface area contributed by atoms with Gasteiger partial charge in [-0.25, -0.2) is 9.18 Å². The maximum atomic E-state index is 13.7. The molecule has 1 fully saturated rings. The number of aliphatic imine (C=N–C) groups is 1. The van der Waals surface area contributed by atoms with Crippen LogP contribution < -0.4 is 4.74 Å². The summed E-state index contributed by atoms with van der Waals surface area (Å²) in [6, 6.07) is 1.21. The van der Waals surface area contributed by atoms with Gasteiger partial charge in [-0.1, -0.05) is 11.6 Å². The van der Waals surface area contributed by atoms with Gasteiger partial charge in [-0.2, -0.15) is 4.99 Å². The van der Waals surface area contributed by atoms with E-state index in [9.17, 15) is 9.18 Å². The maximum absolute atomic E-state index is 13.7. The Balaban J connectivity index is 2.71. The minimum atomic E-state index is -0.692. The molecule has 0 N–H and O–H groups in total. The second kappa shape index (κ2) is 4.13. The molecule has 17 heavy (non-hydrogen) atoms. The minimum Gasteiger partial charge on any atom is -0.495 e. The predicted molar refractivity (Wildman–Crippen MR) is 61.7 cm³/mol. The monoisotopic (exact) mass is 255 g/mol. The van der Waals surface area contributed by atoms with Crippen LogP contribution in [0.4, 0.5) is 4.39 Å². The molecule has 1 aromatic rings. The number of rotatable bonds is 3. The first-order valence-electron chi connectivity index (χ1n) is 5.18. The summed E-state index contributed by atoms with van der Waals surface area (Å²) in [4.78, 5) is 14.2. The van der Waals surface area contributed by atoms with Crippen molar-refractivity contribution in [3.8, 4) is 5.75 Å². The number of methoxy groups -OCH3 is 1. The zero-order valence-electron chi connectivity index (χ0n) is 9.51. The molecule has 0 aliphatic heterocycles. The van der Waals surface area contributed by atoms with Crippen LogP contribution >= 0.6 is 11.6 Å². The molecule has 90 valence electrons. The Morgan fingerprint density at radius 3 is 2.71 bits per heavy atom. The molecule has 0 radical (unpaired) electrons. The Morgan fingerprint density at radius 1 is 1.59 bits per heavy atom. The lowest BCUT2D eigenvalue weighted by molar-refractivity contribution is 0.402. The quantitative estimate of drug-likeness (QED) is 0.615. The SMILES string of the molecule is COc1c(Cl)cc(F)c(C)c1C1(N=C=O)CC1. The molecule has 3 nitrogen and oxygen atoms in total. The van der Waals surface area contributed by atoms with Crippen molar-refractivity contribution in [2.45, 2.75) is 25.3 Å². The summed E-state index contributed by atoms with van der Waals surface area (Å²) in [5, 5.41) is 0.193. The van der Waals surface area contributed by atoms with Crippen LogP contribution in [0.25, 0.3) is 0 Å². The molecule has 0 bridgehead atoms. The second-order valence-corrected chi connectivity index (χ2v) is 4.52. The van der Waals surface area contributed by atoms with Crippen molar-refractivity contribution in [1.82, 2.24) is 0 Å². The highest BCUT2D eigenvalue weighted by Gasteiger charge is 2.48. The molecule has 0 amide bonds. The van der Waals surface area contributed by atoms with Crippen LogP contribution in [0.1, 0.15) is 24.0 Å². The largest absolute Gasteiger partial charge is 0.495 e. The van der Waals surface area contributed by atoms with Crippen LogP contribution in [-0.2, 0) is 10.3 Å². The normalized spacial score (nSPS) is 16.2. The van der Waals surface area contributed by atoms with Crippen LogP contribution in [-0.4, -0.2) is 13.2 Å². The minimum absolute atomic E-state index is 0.193. The average Bonchev–Trinajstić information content (AvgIpc) is 3.04. The van der Waals surface area contributed by atoms with Gasteiger partial charge in [0, 0.05) is 5.56 Å². The molecule has 0 atom stereocenters. The third-order valence-electron chi connectivity index (χ3n) is 3.08. The summed E-state index contributed by atoms with van der Waals surface area (Å²) >= 11 is 5.94. The predicted octanol–water partition coefficient (Wildman–Crippen LogP) is 3.12. The number of benzene rings is 1. The van der Waals surface area contributed by atoms with E-state index >= 15 is 0 Å². The van der Waals surface area contributed by atoms with Gasteiger partial charge in [-0.05, 0) is 31.4 Å². The van der Waals surface area contributed by atoms with E-state index in [0.29, 0.717) is 29.7 Å². The summed E-state index contributed by atoms with van der Waals surface area (Å²) < 4.78 is 18.9. The van der Waals surface area contributed by atoms with Gasteiger partial charge in [0.1, 0.15) is 17.1 Å². The Bertz CT molecular complexity index is 520. The van der Waals surface area contributed by atoms with Crippen molar-refractivity contribution < 1.29 is 13.9 Å². The molecule has 1 aromatic carbocycles. The number of isocyanates is 1. The van der Waals surface area contributed by atoms with E-state index in [1.54, 1.807) is 13.0 Å². The van der Waals surface area contributed by atoms with Crippen molar-refractivity contribution in [2.75, 3.05) is 7.11 Å². The average molecular weight is 256 g/mol. The van der Waals surface area contributed by atoms with Gasteiger partial charge in [0.25, 0.3) is 0 Å². The van der Waals surface area contributed by atoms with E-state index < -0.39 is 11.4 Å². The number of carbonyl (C=O) groups excluding carboxylic acids is 1. The molecule has 2 rings (SSSR count). The summed E-state index contributed by atoms with van der Waals surface area (Å²) in [5.74, 6) is -0.0276. The zero-order valence-corrected chi connectivity index (χ0v) is 10.3. The number of hydrogen-bond donors (Lipinski definition) is 0. The molecular weight excluding hydrogens is 245 g/mol. The van der Waals surface area contributed by atoms with Crippen molar-refractivity contribution in [3.63, 3.8) is 0 Å². The topological polar surface area (TPSA) is 38.7 Å². The fourth-order valence-corrected chi connectivity index (χ4v) is 2.35. The third-order valence-corrected chi connectivity index (χ3v) is 3.36. The number of halogens is 2. The molecule has 5 heteroatoms. The molecule has 1 aliphatic carbocycles. The fourth-order valence-electron chi connectivity index (χ4n) is 2.08. The maximum Gasteiger partial charge on any atom is 0.235 e. The van der Waals surface area contributed by atoms with Gasteiger partial charge in [0.05, 0.1) is 12.1 Å². The zero-order chi connectivity index (χ0) is 12.6. The van der Waals surface area contributed by atoms with Gasteiger partial charge in [-0.3, -0.25) is 0 Å². The number of nitrogens with zero attached hydrogens (tertiary/aromatic N) is 1. The second-order valence-electron chi connectivity index (χ2n) is 4.11. The van der Waals surface area contributed by atoms with E-state index in [-0.39, 0.29) is 5.02 Å². The van der Waals surface area contributed by atoms with Crippen molar-refractivity contribution >= 4 is 17.7 Å². The third kappa shape index (κ3) is 1.84. The van der Waals surface area contributed by atoms with E-state index in [4.69, 9.17) is 16.3 Å². The lowest BCUT2D eigenvalue weighted by Gasteiger charge is -2.18. The molecule has 0 heterocycles.